The molecule has 0 bridgehead atoms. The lowest BCUT2D eigenvalue weighted by molar-refractivity contribution is 0.881. The maximum absolute atomic E-state index is 12.1. The Morgan fingerprint density at radius 3 is 2.88 bits per heavy atom. The van der Waals surface area contributed by atoms with Crippen LogP contribution in [0.5, 0.6) is 0 Å². The van der Waals surface area contributed by atoms with E-state index in [1.165, 1.54) is 0 Å². The molecule has 2 heterocycles. The minimum atomic E-state index is -0.289. The van der Waals surface area contributed by atoms with E-state index in [4.69, 9.17) is 11.6 Å². The van der Waals surface area contributed by atoms with Crippen LogP contribution in [-0.2, 0) is 0 Å². The van der Waals surface area contributed by atoms with Gasteiger partial charge in [0.05, 0.1) is 10.9 Å². The van der Waals surface area contributed by atoms with Crippen molar-refractivity contribution < 1.29 is 0 Å². The summed E-state index contributed by atoms with van der Waals surface area (Å²) in [5.74, 6) is 0.146. The number of nitrogens with zero attached hydrogens (tertiary/aromatic N) is 4. The molecule has 0 fully saturated rings. The summed E-state index contributed by atoms with van der Waals surface area (Å²) in [5.41, 5.74) is 0.419. The van der Waals surface area contributed by atoms with E-state index in [1.54, 1.807) is 18.2 Å². The Morgan fingerprint density at radius 1 is 1.24 bits per heavy atom. The van der Waals surface area contributed by atoms with E-state index in [1.807, 2.05) is 0 Å². The predicted molar refractivity (Wildman–Crippen MR) is 60.5 cm³/mol. The zero-order valence-corrected chi connectivity index (χ0v) is 9.06. The smallest absolute Gasteiger partial charge is 0.228 e. The number of benzene rings is 1. The van der Waals surface area contributed by atoms with Gasteiger partial charge in [0.25, 0.3) is 0 Å². The van der Waals surface area contributed by atoms with E-state index in [9.17, 15) is 4.79 Å². The Morgan fingerprint density at radius 2 is 2.12 bits per heavy atom. The van der Waals surface area contributed by atoms with Crippen LogP contribution in [0.2, 0.25) is 5.02 Å². The lowest BCUT2D eigenvalue weighted by atomic mass is 10.2. The molecule has 2 aromatic heterocycles. The van der Waals surface area contributed by atoms with Gasteiger partial charge < -0.3 is 0 Å². The van der Waals surface area contributed by atoms with Gasteiger partial charge in [-0.25, -0.2) is 0 Å². The summed E-state index contributed by atoms with van der Waals surface area (Å²) in [4.78, 5) is 12.1. The topological polar surface area (TPSA) is 100 Å². The molecule has 2 N–H and O–H groups in total. The van der Waals surface area contributed by atoms with Crippen LogP contribution >= 0.6 is 11.6 Å². The fourth-order valence-corrected chi connectivity index (χ4v) is 1.68. The fraction of sp³-hybridized carbons (Fsp3) is 0. The first-order valence-corrected chi connectivity index (χ1v) is 5.05. The molecule has 1 aromatic carbocycles. The molecule has 3 aromatic rings. The van der Waals surface area contributed by atoms with Crippen LogP contribution in [0.25, 0.3) is 22.4 Å². The minimum absolute atomic E-state index is 0.105. The number of nitrogens with one attached hydrogen (secondary N) is 2. The number of rotatable bonds is 1. The average Bonchev–Trinajstić information content (AvgIpc) is 2.84. The Balaban J connectivity index is 2.36. The van der Waals surface area contributed by atoms with Crippen LogP contribution < -0.4 is 5.43 Å². The number of halogens is 1. The summed E-state index contributed by atoms with van der Waals surface area (Å²) in [6, 6.07) is 4.93. The summed E-state index contributed by atoms with van der Waals surface area (Å²) in [7, 11) is 0. The van der Waals surface area contributed by atoms with E-state index < -0.39 is 0 Å². The minimum Gasteiger partial charge on any atom is -0.287 e. The standard InChI is InChI=1S/C9H5ClN6O/c10-4-1-2-6-5(3-4)8(17)7(12-11-6)9-13-15-16-14-9/h1-3H,(H,11,17)(H,13,14,15,16). The van der Waals surface area contributed by atoms with E-state index >= 15 is 0 Å². The third-order valence-corrected chi connectivity index (χ3v) is 2.52. The Hall–Kier alpha value is -2.28. The summed E-state index contributed by atoms with van der Waals surface area (Å²) in [6.07, 6.45) is 0. The molecule has 0 saturated heterocycles. The van der Waals surface area contributed by atoms with Gasteiger partial charge in [0.2, 0.25) is 11.3 Å². The third kappa shape index (κ3) is 1.56. The number of tetrazole rings is 1. The van der Waals surface area contributed by atoms with Crippen LogP contribution in [0.15, 0.2) is 23.0 Å². The number of hydrogen-bond donors (Lipinski definition) is 2. The molecule has 17 heavy (non-hydrogen) atoms. The van der Waals surface area contributed by atoms with Crippen LogP contribution in [0.3, 0.4) is 0 Å². The molecule has 0 aliphatic carbocycles. The fourth-order valence-electron chi connectivity index (χ4n) is 1.51. The Kier molecular flexibility index (Phi) is 2.12. The van der Waals surface area contributed by atoms with Crippen LogP contribution in [0.1, 0.15) is 0 Å². The van der Waals surface area contributed by atoms with Crippen molar-refractivity contribution >= 4 is 22.5 Å². The van der Waals surface area contributed by atoms with Gasteiger partial charge in [-0.05, 0) is 23.4 Å². The van der Waals surface area contributed by atoms with Gasteiger partial charge in [0.15, 0.2) is 5.69 Å². The van der Waals surface area contributed by atoms with E-state index in [0.717, 1.165) is 0 Å². The molecule has 0 atom stereocenters. The van der Waals surface area contributed by atoms with Crippen molar-refractivity contribution in [3.05, 3.63) is 33.4 Å². The van der Waals surface area contributed by atoms with Gasteiger partial charge in [-0.1, -0.05) is 11.6 Å². The van der Waals surface area contributed by atoms with Crippen molar-refractivity contribution in [1.82, 2.24) is 30.8 Å². The van der Waals surface area contributed by atoms with E-state index in [-0.39, 0.29) is 16.9 Å². The number of fused-ring (bicyclic) bond motifs is 1. The van der Waals surface area contributed by atoms with Crippen molar-refractivity contribution in [2.24, 2.45) is 0 Å². The Labute approximate surface area is 98.8 Å². The molecular weight excluding hydrogens is 244 g/mol. The zero-order chi connectivity index (χ0) is 11.8. The summed E-state index contributed by atoms with van der Waals surface area (Å²) < 4.78 is 0. The second-order valence-corrected chi connectivity index (χ2v) is 3.76. The molecule has 7 nitrogen and oxygen atoms in total. The number of aromatic amines is 2. The summed E-state index contributed by atoms with van der Waals surface area (Å²) >= 11 is 5.84. The molecule has 0 spiro atoms. The third-order valence-electron chi connectivity index (χ3n) is 2.29. The molecule has 3 rings (SSSR count). The number of H-pyrrole nitrogens is 2. The molecule has 0 radical (unpaired) electrons. The maximum atomic E-state index is 12.1. The second kappa shape index (κ2) is 3.63. The van der Waals surface area contributed by atoms with Gasteiger partial charge >= 0.3 is 0 Å². The first-order chi connectivity index (χ1) is 8.25. The second-order valence-electron chi connectivity index (χ2n) is 3.33. The lowest BCUT2D eigenvalue weighted by Crippen LogP contribution is -2.10. The molecule has 0 amide bonds. The highest BCUT2D eigenvalue weighted by Gasteiger charge is 2.12. The first-order valence-electron chi connectivity index (χ1n) is 4.67. The van der Waals surface area contributed by atoms with E-state index in [0.29, 0.717) is 15.9 Å². The predicted octanol–water partition coefficient (Wildman–Crippen LogP) is 0.757. The summed E-state index contributed by atoms with van der Waals surface area (Å²) in [6.45, 7) is 0. The van der Waals surface area contributed by atoms with Gasteiger partial charge in [-0.2, -0.15) is 10.3 Å². The summed E-state index contributed by atoms with van der Waals surface area (Å²) in [5, 5.41) is 20.7. The maximum Gasteiger partial charge on any atom is 0.228 e. The number of hydrogen-bond acceptors (Lipinski definition) is 5. The SMILES string of the molecule is O=c1c(-c2nn[nH]n2)n[nH]c2ccc(Cl)cc12. The van der Waals surface area contributed by atoms with Crippen LogP contribution in [-0.4, -0.2) is 30.8 Å². The van der Waals surface area contributed by atoms with Gasteiger partial charge in [0.1, 0.15) is 0 Å². The molecular formula is C9H5ClN6O. The molecule has 84 valence electrons. The molecule has 8 heteroatoms. The van der Waals surface area contributed by atoms with Crippen molar-refractivity contribution in [3.8, 4) is 11.5 Å². The molecule has 0 unspecified atom stereocenters. The molecule has 0 saturated carbocycles. The van der Waals surface area contributed by atoms with Crippen molar-refractivity contribution in [2.45, 2.75) is 0 Å². The van der Waals surface area contributed by atoms with Crippen molar-refractivity contribution in [3.63, 3.8) is 0 Å². The number of aromatic nitrogens is 6. The quantitative estimate of drug-likeness (QED) is 0.662. The van der Waals surface area contributed by atoms with E-state index in [2.05, 4.69) is 30.8 Å². The van der Waals surface area contributed by atoms with Gasteiger partial charge in [-0.15, -0.1) is 10.2 Å². The highest BCUT2D eigenvalue weighted by molar-refractivity contribution is 6.31. The highest BCUT2D eigenvalue weighted by Crippen LogP contribution is 2.15. The van der Waals surface area contributed by atoms with Crippen molar-refractivity contribution in [1.29, 1.82) is 0 Å². The molecule has 0 aliphatic rings. The van der Waals surface area contributed by atoms with Gasteiger partial charge in [-0.3, -0.25) is 9.89 Å². The average molecular weight is 249 g/mol. The van der Waals surface area contributed by atoms with Crippen LogP contribution in [0.4, 0.5) is 0 Å². The normalized spacial score (nSPS) is 10.9. The Bertz CT molecular complexity index is 735. The van der Waals surface area contributed by atoms with Gasteiger partial charge in [0, 0.05) is 5.02 Å². The van der Waals surface area contributed by atoms with Crippen molar-refractivity contribution in [2.75, 3.05) is 0 Å². The zero-order valence-electron chi connectivity index (χ0n) is 8.31. The first kappa shape index (κ1) is 9.91. The molecule has 0 aliphatic heterocycles. The van der Waals surface area contributed by atoms with Crippen LogP contribution in [0, 0.1) is 0 Å². The highest BCUT2D eigenvalue weighted by atomic mass is 35.5. The monoisotopic (exact) mass is 248 g/mol. The largest absolute Gasteiger partial charge is 0.287 e. The lowest BCUT2D eigenvalue weighted by Gasteiger charge is -1.99.